The lowest BCUT2D eigenvalue weighted by Crippen LogP contribution is -2.39. The zero-order valence-corrected chi connectivity index (χ0v) is 9.65. The first-order valence-electron chi connectivity index (χ1n) is 5.10. The molecule has 88 valence electrons. The van der Waals surface area contributed by atoms with Gasteiger partial charge in [-0.05, 0) is 13.8 Å². The molecule has 0 aliphatic rings. The third kappa shape index (κ3) is 3.08. The predicted octanol–water partition coefficient (Wildman–Crippen LogP) is 0.0486. The smallest absolute Gasteiger partial charge is 0.266 e. The van der Waals surface area contributed by atoms with Crippen LogP contribution in [0.25, 0.3) is 0 Å². The van der Waals surface area contributed by atoms with Crippen LogP contribution in [-0.2, 0) is 4.79 Å². The summed E-state index contributed by atoms with van der Waals surface area (Å²) < 4.78 is 0. The molecule has 6 nitrogen and oxygen atoms in total. The first kappa shape index (κ1) is 12.2. The highest BCUT2D eigenvalue weighted by Gasteiger charge is 2.15. The molecule has 0 aliphatic carbocycles. The van der Waals surface area contributed by atoms with E-state index >= 15 is 0 Å². The average molecular weight is 224 g/mol. The summed E-state index contributed by atoms with van der Waals surface area (Å²) in [7, 11) is 1.73. The van der Waals surface area contributed by atoms with Gasteiger partial charge >= 0.3 is 0 Å². The molecular formula is C10H16N4O2. The number of rotatable bonds is 4. The Morgan fingerprint density at radius 3 is 2.94 bits per heavy atom. The summed E-state index contributed by atoms with van der Waals surface area (Å²) in [5.41, 5.74) is 0.239. The monoisotopic (exact) mass is 224 g/mol. The van der Waals surface area contributed by atoms with Gasteiger partial charge in [0.2, 0.25) is 5.91 Å². The summed E-state index contributed by atoms with van der Waals surface area (Å²) in [6.45, 7) is 4.30. The minimum Gasteiger partial charge on any atom is -0.372 e. The topological polar surface area (TPSA) is 78.1 Å². The van der Waals surface area contributed by atoms with Crippen molar-refractivity contribution in [3.05, 3.63) is 22.6 Å². The summed E-state index contributed by atoms with van der Waals surface area (Å²) in [4.78, 5) is 24.3. The molecule has 0 fully saturated rings. The number of anilines is 1. The van der Waals surface area contributed by atoms with Gasteiger partial charge in [0.15, 0.2) is 0 Å². The number of nitrogens with zero attached hydrogens (tertiary/aromatic N) is 2. The highest BCUT2D eigenvalue weighted by Crippen LogP contribution is 2.03. The van der Waals surface area contributed by atoms with Crippen LogP contribution in [0.1, 0.15) is 13.8 Å². The summed E-state index contributed by atoms with van der Waals surface area (Å²) in [6.07, 6.45) is 1.47. The van der Waals surface area contributed by atoms with E-state index in [2.05, 4.69) is 15.5 Å². The third-order valence-corrected chi connectivity index (χ3v) is 2.27. The van der Waals surface area contributed by atoms with Gasteiger partial charge in [0, 0.05) is 19.7 Å². The lowest BCUT2D eigenvalue weighted by molar-refractivity contribution is -0.130. The Kier molecular flexibility index (Phi) is 4.04. The van der Waals surface area contributed by atoms with Gasteiger partial charge in [-0.1, -0.05) is 0 Å². The van der Waals surface area contributed by atoms with Crippen molar-refractivity contribution in [2.24, 2.45) is 0 Å². The number of carbonyl (C=O) groups excluding carboxylic acids is 1. The number of amides is 1. The molecular weight excluding hydrogens is 208 g/mol. The summed E-state index contributed by atoms with van der Waals surface area (Å²) in [6, 6.07) is 0.983. The van der Waals surface area contributed by atoms with E-state index in [1.807, 2.05) is 6.92 Å². The van der Waals surface area contributed by atoms with Crippen LogP contribution in [0.15, 0.2) is 17.1 Å². The van der Waals surface area contributed by atoms with Gasteiger partial charge < -0.3 is 10.2 Å². The fourth-order valence-electron chi connectivity index (χ4n) is 1.25. The molecule has 2 N–H and O–H groups in total. The number of hydrogen-bond donors (Lipinski definition) is 2. The van der Waals surface area contributed by atoms with Gasteiger partial charge in [-0.3, -0.25) is 9.59 Å². The molecule has 1 heterocycles. The second-order valence-corrected chi connectivity index (χ2v) is 3.55. The first-order valence-corrected chi connectivity index (χ1v) is 5.10. The molecule has 0 aliphatic heterocycles. The van der Waals surface area contributed by atoms with Crippen LogP contribution in [0.5, 0.6) is 0 Å². The summed E-state index contributed by atoms with van der Waals surface area (Å²) >= 11 is 0. The zero-order chi connectivity index (χ0) is 12.1. The third-order valence-electron chi connectivity index (χ3n) is 2.27. The van der Waals surface area contributed by atoms with Crippen molar-refractivity contribution in [3.63, 3.8) is 0 Å². The van der Waals surface area contributed by atoms with Crippen molar-refractivity contribution in [2.45, 2.75) is 19.9 Å². The van der Waals surface area contributed by atoms with Gasteiger partial charge in [-0.25, -0.2) is 5.10 Å². The molecule has 0 aromatic carbocycles. The van der Waals surface area contributed by atoms with Crippen LogP contribution in [0.3, 0.4) is 0 Å². The van der Waals surface area contributed by atoms with Crippen LogP contribution in [-0.4, -0.2) is 40.6 Å². The molecule has 1 atom stereocenters. The fraction of sp³-hybridized carbons (Fsp3) is 0.500. The standard InChI is InChI=1S/C10H16N4O2/c1-4-14(3)10(16)7(2)12-8-5-9(15)13-11-6-8/h5-7H,4H2,1-3H3,(H2,12,13,15). The normalized spacial score (nSPS) is 11.9. The number of aromatic amines is 1. The van der Waals surface area contributed by atoms with E-state index in [-0.39, 0.29) is 17.5 Å². The van der Waals surface area contributed by atoms with E-state index in [9.17, 15) is 9.59 Å². The molecule has 1 rings (SSSR count). The van der Waals surface area contributed by atoms with Crippen molar-refractivity contribution in [2.75, 3.05) is 18.9 Å². The molecule has 0 spiro atoms. The minimum atomic E-state index is -0.381. The summed E-state index contributed by atoms with van der Waals surface area (Å²) in [5, 5.41) is 8.83. The zero-order valence-electron chi connectivity index (χ0n) is 9.65. The minimum absolute atomic E-state index is 0.0252. The second kappa shape index (κ2) is 5.29. The van der Waals surface area contributed by atoms with Crippen molar-refractivity contribution in [3.8, 4) is 0 Å². The van der Waals surface area contributed by atoms with Gasteiger partial charge in [0.25, 0.3) is 5.56 Å². The van der Waals surface area contributed by atoms with Gasteiger partial charge in [0.05, 0.1) is 11.9 Å². The van der Waals surface area contributed by atoms with Gasteiger partial charge in [-0.15, -0.1) is 0 Å². The van der Waals surface area contributed by atoms with Crippen LogP contribution < -0.4 is 10.9 Å². The van der Waals surface area contributed by atoms with E-state index in [0.717, 1.165) is 0 Å². The van der Waals surface area contributed by atoms with Crippen molar-refractivity contribution in [1.29, 1.82) is 0 Å². The number of likely N-dealkylation sites (N-methyl/N-ethyl adjacent to an activating group) is 1. The van der Waals surface area contributed by atoms with E-state index in [0.29, 0.717) is 12.2 Å². The molecule has 1 aromatic rings. The maximum Gasteiger partial charge on any atom is 0.266 e. The van der Waals surface area contributed by atoms with E-state index in [4.69, 9.17) is 0 Å². The molecule has 0 bridgehead atoms. The quantitative estimate of drug-likeness (QED) is 0.757. The Hall–Kier alpha value is -1.85. The number of aromatic nitrogens is 2. The Morgan fingerprint density at radius 2 is 2.38 bits per heavy atom. The molecule has 1 amide bonds. The second-order valence-electron chi connectivity index (χ2n) is 3.55. The molecule has 0 radical (unpaired) electrons. The Bertz CT molecular complexity index is 415. The fourth-order valence-corrected chi connectivity index (χ4v) is 1.25. The number of H-pyrrole nitrogens is 1. The molecule has 0 saturated heterocycles. The summed E-state index contributed by atoms with van der Waals surface area (Å²) in [5.74, 6) is -0.0252. The van der Waals surface area contributed by atoms with Crippen LogP contribution >= 0.6 is 0 Å². The Labute approximate surface area is 93.7 Å². The molecule has 16 heavy (non-hydrogen) atoms. The number of hydrogen-bond acceptors (Lipinski definition) is 4. The number of nitrogens with one attached hydrogen (secondary N) is 2. The molecule has 0 saturated carbocycles. The highest BCUT2D eigenvalue weighted by molar-refractivity contribution is 5.83. The number of carbonyl (C=O) groups is 1. The van der Waals surface area contributed by atoms with E-state index < -0.39 is 0 Å². The maximum absolute atomic E-state index is 11.7. The first-order chi connectivity index (χ1) is 7.54. The van der Waals surface area contributed by atoms with Crippen LogP contribution in [0.4, 0.5) is 5.69 Å². The largest absolute Gasteiger partial charge is 0.372 e. The maximum atomic E-state index is 11.7. The van der Waals surface area contributed by atoms with Crippen LogP contribution in [0, 0.1) is 0 Å². The highest BCUT2D eigenvalue weighted by atomic mass is 16.2. The van der Waals surface area contributed by atoms with Crippen LogP contribution in [0.2, 0.25) is 0 Å². The van der Waals surface area contributed by atoms with Crippen molar-refractivity contribution < 1.29 is 4.79 Å². The molecule has 1 unspecified atom stereocenters. The SMILES string of the molecule is CCN(C)C(=O)C(C)Nc1cn[nH]c(=O)c1. The van der Waals surface area contributed by atoms with Crippen molar-refractivity contribution in [1.82, 2.24) is 15.1 Å². The van der Waals surface area contributed by atoms with E-state index in [1.165, 1.54) is 12.3 Å². The van der Waals surface area contributed by atoms with E-state index in [1.54, 1.807) is 18.9 Å². The lowest BCUT2D eigenvalue weighted by atomic mass is 10.3. The van der Waals surface area contributed by atoms with Gasteiger partial charge in [0.1, 0.15) is 6.04 Å². The van der Waals surface area contributed by atoms with Gasteiger partial charge in [-0.2, -0.15) is 5.10 Å². The lowest BCUT2D eigenvalue weighted by Gasteiger charge is -2.20. The van der Waals surface area contributed by atoms with Crippen molar-refractivity contribution >= 4 is 11.6 Å². The molecule has 6 heteroatoms. The predicted molar refractivity (Wildman–Crippen MR) is 61.3 cm³/mol. The average Bonchev–Trinajstić information content (AvgIpc) is 2.27. The molecule has 1 aromatic heterocycles. The Balaban J connectivity index is 2.67. The Morgan fingerprint density at radius 1 is 1.69 bits per heavy atom.